The van der Waals surface area contributed by atoms with E-state index in [0.717, 1.165) is 33.7 Å². The van der Waals surface area contributed by atoms with Gasteiger partial charge in [0.25, 0.3) is 5.91 Å². The monoisotopic (exact) mass is 314 g/mol. The second-order valence-corrected chi connectivity index (χ2v) is 6.59. The van der Waals surface area contributed by atoms with Gasteiger partial charge in [-0.05, 0) is 26.8 Å². The Balaban J connectivity index is 1.68. The fourth-order valence-corrected chi connectivity index (χ4v) is 3.50. The van der Waals surface area contributed by atoms with Crippen LogP contribution in [0.3, 0.4) is 0 Å². The molecule has 0 aliphatic heterocycles. The minimum absolute atomic E-state index is 0.160. The van der Waals surface area contributed by atoms with E-state index in [9.17, 15) is 4.79 Å². The zero-order valence-corrected chi connectivity index (χ0v) is 13.7. The number of carbonyl (C=O) groups is 1. The molecule has 1 aromatic carbocycles. The molecule has 3 aromatic rings. The van der Waals surface area contributed by atoms with Crippen LogP contribution in [0.1, 0.15) is 31.7 Å². The van der Waals surface area contributed by atoms with Crippen molar-refractivity contribution in [2.75, 3.05) is 6.54 Å². The molecular weight excluding hydrogens is 296 g/mol. The normalized spacial score (nSPS) is 11.0. The third kappa shape index (κ3) is 2.76. The van der Waals surface area contributed by atoms with Crippen molar-refractivity contribution in [1.29, 1.82) is 0 Å². The maximum Gasteiger partial charge on any atom is 0.287 e. The van der Waals surface area contributed by atoms with Gasteiger partial charge in [-0.2, -0.15) is 0 Å². The van der Waals surface area contributed by atoms with Gasteiger partial charge in [0.2, 0.25) is 0 Å². The summed E-state index contributed by atoms with van der Waals surface area (Å²) in [6.07, 6.45) is 0.794. The van der Waals surface area contributed by atoms with Gasteiger partial charge in [0.05, 0.1) is 10.7 Å². The van der Waals surface area contributed by atoms with E-state index in [4.69, 9.17) is 4.42 Å². The number of fused-ring (bicyclic) bond motifs is 1. The Labute approximate surface area is 133 Å². The summed E-state index contributed by atoms with van der Waals surface area (Å²) in [4.78, 5) is 17.9. The molecule has 0 unspecified atom stereocenters. The minimum Gasteiger partial charge on any atom is -0.451 e. The van der Waals surface area contributed by atoms with Gasteiger partial charge in [0, 0.05) is 28.8 Å². The number of furan rings is 1. The Bertz CT molecular complexity index is 832. The number of aryl methyl sites for hydroxylation is 3. The highest BCUT2D eigenvalue weighted by atomic mass is 32.1. The fraction of sp³-hybridized carbons (Fsp3) is 0.294. The number of nitrogens with zero attached hydrogens (tertiary/aromatic N) is 1. The Kier molecular flexibility index (Phi) is 3.98. The highest BCUT2D eigenvalue weighted by molar-refractivity contribution is 7.11. The molecule has 3 rings (SSSR count). The second kappa shape index (κ2) is 5.93. The summed E-state index contributed by atoms with van der Waals surface area (Å²) in [5, 5.41) is 4.98. The maximum absolute atomic E-state index is 12.3. The van der Waals surface area contributed by atoms with Crippen molar-refractivity contribution in [3.05, 3.63) is 51.2 Å². The second-order valence-electron chi connectivity index (χ2n) is 5.30. The number of hydrogen-bond donors (Lipinski definition) is 1. The first kappa shape index (κ1) is 14.8. The third-order valence-corrected chi connectivity index (χ3v) is 4.82. The molecule has 1 N–H and O–H groups in total. The largest absolute Gasteiger partial charge is 0.451 e. The molecule has 114 valence electrons. The van der Waals surface area contributed by atoms with E-state index in [-0.39, 0.29) is 5.91 Å². The average Bonchev–Trinajstić information content (AvgIpc) is 2.99. The lowest BCUT2D eigenvalue weighted by molar-refractivity contribution is 0.0928. The number of nitrogens with one attached hydrogen (secondary N) is 1. The quantitative estimate of drug-likeness (QED) is 0.797. The van der Waals surface area contributed by atoms with Crippen LogP contribution in [0.2, 0.25) is 0 Å². The van der Waals surface area contributed by atoms with Gasteiger partial charge >= 0.3 is 0 Å². The van der Waals surface area contributed by atoms with Crippen molar-refractivity contribution in [1.82, 2.24) is 10.3 Å². The van der Waals surface area contributed by atoms with Crippen LogP contribution in [0.4, 0.5) is 0 Å². The Hall–Kier alpha value is -2.14. The summed E-state index contributed by atoms with van der Waals surface area (Å²) >= 11 is 1.68. The highest BCUT2D eigenvalue weighted by Crippen LogP contribution is 2.24. The van der Waals surface area contributed by atoms with Gasteiger partial charge in [0.15, 0.2) is 5.76 Å². The summed E-state index contributed by atoms with van der Waals surface area (Å²) in [5.41, 5.74) is 2.69. The van der Waals surface area contributed by atoms with Crippen LogP contribution in [0.15, 0.2) is 28.7 Å². The first-order valence-electron chi connectivity index (χ1n) is 7.25. The molecule has 0 spiro atoms. The van der Waals surface area contributed by atoms with Crippen molar-refractivity contribution >= 4 is 28.2 Å². The molecule has 0 atom stereocenters. The topological polar surface area (TPSA) is 55.1 Å². The van der Waals surface area contributed by atoms with E-state index < -0.39 is 0 Å². The van der Waals surface area contributed by atoms with Crippen LogP contribution >= 0.6 is 11.3 Å². The molecule has 2 aromatic heterocycles. The van der Waals surface area contributed by atoms with Crippen molar-refractivity contribution in [3.8, 4) is 0 Å². The molecule has 0 aliphatic carbocycles. The molecule has 0 aliphatic rings. The molecule has 5 heteroatoms. The lowest BCUT2D eigenvalue weighted by Gasteiger charge is -2.03. The molecular formula is C17H18N2O2S. The van der Waals surface area contributed by atoms with Crippen LogP contribution in [0, 0.1) is 20.8 Å². The minimum atomic E-state index is -0.160. The first-order valence-corrected chi connectivity index (χ1v) is 8.07. The van der Waals surface area contributed by atoms with Crippen LogP contribution < -0.4 is 5.32 Å². The number of rotatable bonds is 4. The van der Waals surface area contributed by atoms with Crippen LogP contribution in [0.5, 0.6) is 0 Å². The predicted octanol–water partition coefficient (Wildman–Crippen LogP) is 3.79. The van der Waals surface area contributed by atoms with Crippen LogP contribution in [0.25, 0.3) is 11.0 Å². The van der Waals surface area contributed by atoms with E-state index in [1.807, 2.05) is 45.0 Å². The SMILES string of the molecule is Cc1nc(C)c(CCNC(=O)c2oc3ccccc3c2C)s1. The van der Waals surface area contributed by atoms with Crippen molar-refractivity contribution in [3.63, 3.8) is 0 Å². The third-order valence-electron chi connectivity index (χ3n) is 3.69. The first-order chi connectivity index (χ1) is 10.6. The number of hydrogen-bond acceptors (Lipinski definition) is 4. The number of benzene rings is 1. The van der Waals surface area contributed by atoms with Gasteiger partial charge in [-0.25, -0.2) is 4.98 Å². The van der Waals surface area contributed by atoms with E-state index in [0.29, 0.717) is 12.3 Å². The number of aromatic nitrogens is 1. The summed E-state index contributed by atoms with van der Waals surface area (Å²) < 4.78 is 5.67. The molecule has 0 saturated carbocycles. The predicted molar refractivity (Wildman–Crippen MR) is 88.6 cm³/mol. The fourth-order valence-electron chi connectivity index (χ4n) is 2.57. The van der Waals surface area contributed by atoms with E-state index in [2.05, 4.69) is 10.3 Å². The Morgan fingerprint density at radius 3 is 2.73 bits per heavy atom. The lowest BCUT2D eigenvalue weighted by Crippen LogP contribution is -2.25. The van der Waals surface area contributed by atoms with E-state index in [1.54, 1.807) is 11.3 Å². The average molecular weight is 314 g/mol. The molecule has 2 heterocycles. The van der Waals surface area contributed by atoms with Crippen molar-refractivity contribution < 1.29 is 9.21 Å². The zero-order chi connectivity index (χ0) is 15.7. The number of carbonyl (C=O) groups excluding carboxylic acids is 1. The Morgan fingerprint density at radius 1 is 1.27 bits per heavy atom. The Morgan fingerprint density at radius 2 is 2.05 bits per heavy atom. The van der Waals surface area contributed by atoms with Gasteiger partial charge in [-0.15, -0.1) is 11.3 Å². The van der Waals surface area contributed by atoms with Gasteiger partial charge in [0.1, 0.15) is 5.58 Å². The molecule has 0 fully saturated rings. The molecule has 4 nitrogen and oxygen atoms in total. The lowest BCUT2D eigenvalue weighted by atomic mass is 10.1. The summed E-state index contributed by atoms with van der Waals surface area (Å²) in [6.45, 7) is 6.50. The number of amides is 1. The van der Waals surface area contributed by atoms with Gasteiger partial charge in [-0.1, -0.05) is 18.2 Å². The number of thiazole rings is 1. The van der Waals surface area contributed by atoms with Crippen molar-refractivity contribution in [2.45, 2.75) is 27.2 Å². The summed E-state index contributed by atoms with van der Waals surface area (Å²) in [6, 6.07) is 7.69. The van der Waals surface area contributed by atoms with Crippen molar-refractivity contribution in [2.24, 2.45) is 0 Å². The summed E-state index contributed by atoms with van der Waals surface area (Å²) in [5.74, 6) is 0.242. The molecule has 0 saturated heterocycles. The standard InChI is InChI=1S/C17H18N2O2S/c1-10-13-6-4-5-7-14(13)21-16(10)17(20)18-9-8-15-11(2)19-12(3)22-15/h4-7H,8-9H2,1-3H3,(H,18,20). The molecule has 22 heavy (non-hydrogen) atoms. The van der Waals surface area contributed by atoms with E-state index in [1.165, 1.54) is 4.88 Å². The van der Waals surface area contributed by atoms with Gasteiger partial charge in [-0.3, -0.25) is 4.79 Å². The van der Waals surface area contributed by atoms with Crippen LogP contribution in [-0.2, 0) is 6.42 Å². The molecule has 1 amide bonds. The zero-order valence-electron chi connectivity index (χ0n) is 12.9. The van der Waals surface area contributed by atoms with E-state index >= 15 is 0 Å². The van der Waals surface area contributed by atoms with Gasteiger partial charge < -0.3 is 9.73 Å². The smallest absolute Gasteiger partial charge is 0.287 e. The highest BCUT2D eigenvalue weighted by Gasteiger charge is 2.17. The number of para-hydroxylation sites is 1. The maximum atomic E-state index is 12.3. The molecule has 0 radical (unpaired) electrons. The van der Waals surface area contributed by atoms with Crippen LogP contribution in [-0.4, -0.2) is 17.4 Å². The summed E-state index contributed by atoms with van der Waals surface area (Å²) in [7, 11) is 0. The molecule has 0 bridgehead atoms.